The lowest BCUT2D eigenvalue weighted by Gasteiger charge is -2.06. The Labute approximate surface area is 122 Å². The third-order valence-corrected chi connectivity index (χ3v) is 3.81. The van der Waals surface area contributed by atoms with Crippen LogP contribution in [0.2, 0.25) is 0 Å². The van der Waals surface area contributed by atoms with Crippen molar-refractivity contribution in [1.29, 1.82) is 0 Å². The molecular weight excluding hydrogens is 278 g/mol. The SMILES string of the molecule is COCCNCc1c(C)nn(C)c1Sc1nnc(C)o1. The second kappa shape index (κ2) is 6.87. The summed E-state index contributed by atoms with van der Waals surface area (Å²) in [5.41, 5.74) is 2.14. The summed E-state index contributed by atoms with van der Waals surface area (Å²) in [4.78, 5) is 0. The predicted octanol–water partition coefficient (Wildman–Crippen LogP) is 1.31. The van der Waals surface area contributed by atoms with Crippen molar-refractivity contribution in [1.82, 2.24) is 25.3 Å². The van der Waals surface area contributed by atoms with Crippen LogP contribution >= 0.6 is 11.8 Å². The minimum atomic E-state index is 0.531. The van der Waals surface area contributed by atoms with Gasteiger partial charge in [-0.05, 0) is 18.7 Å². The molecule has 0 aromatic carbocycles. The lowest BCUT2D eigenvalue weighted by molar-refractivity contribution is 0.199. The number of hydrogen-bond donors (Lipinski definition) is 1. The molecule has 8 heteroatoms. The molecule has 0 spiro atoms. The highest BCUT2D eigenvalue weighted by Gasteiger charge is 2.16. The molecule has 0 aliphatic heterocycles. The summed E-state index contributed by atoms with van der Waals surface area (Å²) in [6.07, 6.45) is 0. The van der Waals surface area contributed by atoms with Crippen molar-refractivity contribution in [3.63, 3.8) is 0 Å². The van der Waals surface area contributed by atoms with Gasteiger partial charge in [-0.25, -0.2) is 0 Å². The van der Waals surface area contributed by atoms with Gasteiger partial charge in [-0.1, -0.05) is 0 Å². The third-order valence-electron chi connectivity index (χ3n) is 2.77. The number of methoxy groups -OCH3 is 1. The normalized spacial score (nSPS) is 11.2. The monoisotopic (exact) mass is 297 g/mol. The first-order valence-electron chi connectivity index (χ1n) is 6.32. The number of aryl methyl sites for hydroxylation is 3. The van der Waals surface area contributed by atoms with Crippen molar-refractivity contribution >= 4 is 11.8 Å². The lowest BCUT2D eigenvalue weighted by atomic mass is 10.2. The van der Waals surface area contributed by atoms with Crippen molar-refractivity contribution in [2.24, 2.45) is 7.05 Å². The van der Waals surface area contributed by atoms with E-state index in [4.69, 9.17) is 9.15 Å². The summed E-state index contributed by atoms with van der Waals surface area (Å²) in [5.74, 6) is 0.561. The fourth-order valence-corrected chi connectivity index (χ4v) is 2.73. The molecule has 0 amide bonds. The third kappa shape index (κ3) is 3.59. The zero-order valence-corrected chi connectivity index (χ0v) is 13.0. The van der Waals surface area contributed by atoms with Crippen LogP contribution in [0.15, 0.2) is 14.7 Å². The number of rotatable bonds is 7. The van der Waals surface area contributed by atoms with E-state index in [9.17, 15) is 0 Å². The molecule has 1 N–H and O–H groups in total. The van der Waals surface area contributed by atoms with E-state index in [2.05, 4.69) is 20.6 Å². The molecule has 2 rings (SSSR count). The summed E-state index contributed by atoms with van der Waals surface area (Å²) in [6.45, 7) is 5.99. The summed E-state index contributed by atoms with van der Waals surface area (Å²) < 4.78 is 12.3. The van der Waals surface area contributed by atoms with Gasteiger partial charge in [-0.2, -0.15) is 5.10 Å². The molecule has 20 heavy (non-hydrogen) atoms. The molecule has 0 fully saturated rings. The maximum atomic E-state index is 5.41. The second-order valence-electron chi connectivity index (χ2n) is 4.35. The summed E-state index contributed by atoms with van der Waals surface area (Å²) in [5, 5.41) is 17.2. The van der Waals surface area contributed by atoms with Gasteiger partial charge in [0.25, 0.3) is 5.22 Å². The molecule has 2 aromatic heterocycles. The van der Waals surface area contributed by atoms with E-state index < -0.39 is 0 Å². The van der Waals surface area contributed by atoms with Crippen molar-refractivity contribution in [3.8, 4) is 0 Å². The molecule has 0 unspecified atom stereocenters. The Morgan fingerprint density at radius 1 is 1.35 bits per heavy atom. The predicted molar refractivity (Wildman–Crippen MR) is 74.7 cm³/mol. The van der Waals surface area contributed by atoms with Crippen LogP contribution in [0.25, 0.3) is 0 Å². The first-order valence-corrected chi connectivity index (χ1v) is 7.13. The van der Waals surface area contributed by atoms with Crippen LogP contribution < -0.4 is 5.32 Å². The molecule has 2 aromatic rings. The van der Waals surface area contributed by atoms with Crippen molar-refractivity contribution in [2.75, 3.05) is 20.3 Å². The Morgan fingerprint density at radius 3 is 2.80 bits per heavy atom. The average molecular weight is 297 g/mol. The number of hydrogen-bond acceptors (Lipinski definition) is 7. The molecule has 0 aliphatic rings. The Morgan fingerprint density at radius 2 is 2.15 bits per heavy atom. The molecule has 0 bridgehead atoms. The molecule has 0 saturated heterocycles. The molecule has 2 heterocycles. The Kier molecular flexibility index (Phi) is 5.16. The topological polar surface area (TPSA) is 78.0 Å². The van der Waals surface area contributed by atoms with E-state index >= 15 is 0 Å². The Balaban J connectivity index is 2.10. The second-order valence-corrected chi connectivity index (χ2v) is 5.29. The highest BCUT2D eigenvalue weighted by molar-refractivity contribution is 7.99. The number of nitrogens with zero attached hydrogens (tertiary/aromatic N) is 4. The van der Waals surface area contributed by atoms with Crippen LogP contribution in [-0.4, -0.2) is 40.2 Å². The van der Waals surface area contributed by atoms with Gasteiger partial charge in [0.2, 0.25) is 5.89 Å². The summed E-state index contributed by atoms with van der Waals surface area (Å²) >= 11 is 1.44. The van der Waals surface area contributed by atoms with Gasteiger partial charge < -0.3 is 14.5 Å². The molecule has 0 saturated carbocycles. The van der Waals surface area contributed by atoms with Gasteiger partial charge >= 0.3 is 0 Å². The zero-order valence-electron chi connectivity index (χ0n) is 12.1. The maximum absolute atomic E-state index is 5.41. The Bertz CT molecular complexity index is 566. The van der Waals surface area contributed by atoms with E-state index in [0.29, 0.717) is 17.7 Å². The van der Waals surface area contributed by atoms with Crippen molar-refractivity contribution < 1.29 is 9.15 Å². The van der Waals surface area contributed by atoms with E-state index in [1.54, 1.807) is 14.0 Å². The van der Waals surface area contributed by atoms with E-state index in [-0.39, 0.29) is 0 Å². The molecule has 0 radical (unpaired) electrons. The van der Waals surface area contributed by atoms with Gasteiger partial charge in [-0.15, -0.1) is 10.2 Å². The first kappa shape index (κ1) is 15.0. The van der Waals surface area contributed by atoms with Crippen molar-refractivity contribution in [3.05, 3.63) is 17.1 Å². The number of ether oxygens (including phenoxy) is 1. The largest absolute Gasteiger partial charge is 0.416 e. The first-order chi connectivity index (χ1) is 9.61. The maximum Gasteiger partial charge on any atom is 0.282 e. The quantitative estimate of drug-likeness (QED) is 0.772. The summed E-state index contributed by atoms with van der Waals surface area (Å²) in [7, 11) is 3.60. The average Bonchev–Trinajstić information content (AvgIpc) is 2.92. The van der Waals surface area contributed by atoms with Crippen LogP contribution in [0.5, 0.6) is 0 Å². The lowest BCUT2D eigenvalue weighted by Crippen LogP contribution is -2.19. The van der Waals surface area contributed by atoms with Crippen LogP contribution in [0.3, 0.4) is 0 Å². The highest BCUT2D eigenvalue weighted by atomic mass is 32.2. The van der Waals surface area contributed by atoms with Gasteiger partial charge in [0.05, 0.1) is 12.3 Å². The van der Waals surface area contributed by atoms with Crippen LogP contribution in [0, 0.1) is 13.8 Å². The summed E-state index contributed by atoms with van der Waals surface area (Å²) in [6, 6.07) is 0. The van der Waals surface area contributed by atoms with Crippen LogP contribution in [0.1, 0.15) is 17.1 Å². The van der Waals surface area contributed by atoms with Crippen molar-refractivity contribution in [2.45, 2.75) is 30.6 Å². The van der Waals surface area contributed by atoms with Crippen LogP contribution in [0.4, 0.5) is 0 Å². The highest BCUT2D eigenvalue weighted by Crippen LogP contribution is 2.30. The fraction of sp³-hybridized carbons (Fsp3) is 0.583. The van der Waals surface area contributed by atoms with Gasteiger partial charge in [0, 0.05) is 39.7 Å². The molecular formula is C12H19N5O2S. The molecule has 0 atom stereocenters. The van der Waals surface area contributed by atoms with E-state index in [0.717, 1.165) is 29.4 Å². The number of nitrogens with one attached hydrogen (secondary N) is 1. The van der Waals surface area contributed by atoms with Gasteiger partial charge in [0.15, 0.2) is 0 Å². The van der Waals surface area contributed by atoms with E-state index in [1.165, 1.54) is 11.8 Å². The molecule has 0 aliphatic carbocycles. The fourth-order valence-electron chi connectivity index (χ4n) is 1.80. The van der Waals surface area contributed by atoms with Gasteiger partial charge in [-0.3, -0.25) is 4.68 Å². The molecule has 110 valence electrons. The smallest absolute Gasteiger partial charge is 0.282 e. The minimum absolute atomic E-state index is 0.531. The van der Waals surface area contributed by atoms with Crippen LogP contribution in [-0.2, 0) is 18.3 Å². The standard InChI is InChI=1S/C12H19N5O2S/c1-8-10(7-13-5-6-18-4)11(17(3)16-8)20-12-15-14-9(2)19-12/h13H,5-7H2,1-4H3. The van der Waals surface area contributed by atoms with Gasteiger partial charge in [0.1, 0.15) is 5.03 Å². The number of aromatic nitrogens is 4. The Hall–Kier alpha value is -1.38. The van der Waals surface area contributed by atoms with E-state index in [1.807, 2.05) is 18.7 Å². The molecule has 7 nitrogen and oxygen atoms in total. The zero-order chi connectivity index (χ0) is 14.5. The minimum Gasteiger partial charge on any atom is -0.416 e.